The van der Waals surface area contributed by atoms with Crippen LogP contribution in [0.4, 0.5) is 0 Å². The Morgan fingerprint density at radius 2 is 2.11 bits per heavy atom. The van der Waals surface area contributed by atoms with Crippen molar-refractivity contribution in [1.82, 2.24) is 9.97 Å². The second kappa shape index (κ2) is 5.98. The maximum atomic E-state index is 11.9. The van der Waals surface area contributed by atoms with E-state index >= 15 is 0 Å². The Labute approximate surface area is 127 Å². The molecule has 1 heterocycles. The molecule has 0 aliphatic carbocycles. The van der Waals surface area contributed by atoms with E-state index in [4.69, 9.17) is 4.74 Å². The highest BCUT2D eigenvalue weighted by molar-refractivity contribution is 9.10. The van der Waals surface area contributed by atoms with E-state index in [1.165, 1.54) is 0 Å². The summed E-state index contributed by atoms with van der Waals surface area (Å²) >= 11 is 6.69. The van der Waals surface area contributed by atoms with Crippen LogP contribution in [-0.4, -0.2) is 17.1 Å². The minimum absolute atomic E-state index is 0.214. The molecule has 2 aromatic rings. The third-order valence-corrected chi connectivity index (χ3v) is 4.33. The van der Waals surface area contributed by atoms with E-state index < -0.39 is 0 Å². The number of methoxy groups -OCH3 is 1. The van der Waals surface area contributed by atoms with Crippen LogP contribution in [0.15, 0.2) is 31.9 Å². The smallest absolute Gasteiger partial charge is 0.265 e. The highest BCUT2D eigenvalue weighted by Crippen LogP contribution is 2.23. The number of nitrogens with one attached hydrogen (secondary N) is 1. The lowest BCUT2D eigenvalue weighted by molar-refractivity contribution is 0.180. The topological polar surface area (TPSA) is 55.0 Å². The van der Waals surface area contributed by atoms with E-state index in [9.17, 15) is 4.79 Å². The Morgan fingerprint density at radius 1 is 1.37 bits per heavy atom. The summed E-state index contributed by atoms with van der Waals surface area (Å²) in [4.78, 5) is 19.0. The van der Waals surface area contributed by atoms with Gasteiger partial charge in [0, 0.05) is 17.1 Å². The van der Waals surface area contributed by atoms with Gasteiger partial charge in [-0.2, -0.15) is 0 Å². The number of halogens is 2. The van der Waals surface area contributed by atoms with Crippen LogP contribution in [0.3, 0.4) is 0 Å². The van der Waals surface area contributed by atoms with E-state index in [-0.39, 0.29) is 12.2 Å². The first kappa shape index (κ1) is 14.4. The Balaban J connectivity index is 2.56. The van der Waals surface area contributed by atoms with Gasteiger partial charge in [0.25, 0.3) is 5.56 Å². The van der Waals surface area contributed by atoms with Gasteiger partial charge in [0.05, 0.1) is 12.3 Å². The van der Waals surface area contributed by atoms with Crippen molar-refractivity contribution in [3.63, 3.8) is 0 Å². The fourth-order valence-corrected chi connectivity index (χ4v) is 2.30. The van der Waals surface area contributed by atoms with Crippen molar-refractivity contribution in [2.75, 3.05) is 7.11 Å². The molecule has 2 rings (SSSR count). The highest BCUT2D eigenvalue weighted by Gasteiger charge is 2.10. The highest BCUT2D eigenvalue weighted by atomic mass is 79.9. The summed E-state index contributed by atoms with van der Waals surface area (Å²) in [5.74, 6) is 0.529. The molecule has 0 fully saturated rings. The molecular formula is C13H12Br2N2O2. The van der Waals surface area contributed by atoms with Gasteiger partial charge in [0.15, 0.2) is 0 Å². The third kappa shape index (κ3) is 3.13. The number of aromatic amines is 1. The predicted molar refractivity (Wildman–Crippen MR) is 81.1 cm³/mol. The maximum Gasteiger partial charge on any atom is 0.265 e. The lowest BCUT2D eigenvalue weighted by Crippen LogP contribution is -2.14. The number of aryl methyl sites for hydroxylation is 1. The molecule has 0 saturated heterocycles. The van der Waals surface area contributed by atoms with Gasteiger partial charge < -0.3 is 9.72 Å². The first-order valence-corrected chi connectivity index (χ1v) is 7.15. The van der Waals surface area contributed by atoms with Gasteiger partial charge in [-0.15, -0.1) is 0 Å². The van der Waals surface area contributed by atoms with Crippen LogP contribution in [0.2, 0.25) is 0 Å². The average molecular weight is 388 g/mol. The van der Waals surface area contributed by atoms with Gasteiger partial charge >= 0.3 is 0 Å². The van der Waals surface area contributed by atoms with Crippen molar-refractivity contribution in [2.45, 2.75) is 13.5 Å². The molecule has 1 N–H and O–H groups in total. The quantitative estimate of drug-likeness (QED) is 0.877. The van der Waals surface area contributed by atoms with Crippen LogP contribution in [0.1, 0.15) is 11.3 Å². The van der Waals surface area contributed by atoms with E-state index in [1.54, 1.807) is 7.11 Å². The molecular weight excluding hydrogens is 376 g/mol. The maximum absolute atomic E-state index is 11.9. The van der Waals surface area contributed by atoms with Crippen LogP contribution in [0, 0.1) is 6.92 Å². The lowest BCUT2D eigenvalue weighted by atomic mass is 10.1. The van der Waals surface area contributed by atoms with Gasteiger partial charge in [-0.25, -0.2) is 4.98 Å². The summed E-state index contributed by atoms with van der Waals surface area (Å²) in [7, 11) is 1.57. The molecule has 0 spiro atoms. The fraction of sp³-hybridized carbons (Fsp3) is 0.231. The second-order valence-electron chi connectivity index (χ2n) is 4.07. The molecule has 1 aromatic carbocycles. The summed E-state index contributed by atoms with van der Waals surface area (Å²) in [5, 5.41) is 0. The molecule has 0 atom stereocenters. The number of benzene rings is 1. The summed E-state index contributed by atoms with van der Waals surface area (Å²) in [6, 6.07) is 5.82. The molecule has 0 saturated carbocycles. The molecule has 0 bridgehead atoms. The zero-order chi connectivity index (χ0) is 14.0. The SMILES string of the molecule is COCc1nc(-c2ccc(C)c(Br)c2)[nH]c(=O)c1Br. The molecule has 0 radical (unpaired) electrons. The first-order chi connectivity index (χ1) is 9.02. The second-order valence-corrected chi connectivity index (χ2v) is 5.72. The number of nitrogens with zero attached hydrogens (tertiary/aromatic N) is 1. The molecule has 0 unspecified atom stereocenters. The molecule has 1 aromatic heterocycles. The predicted octanol–water partition coefficient (Wildman–Crippen LogP) is 3.42. The number of hydrogen-bond acceptors (Lipinski definition) is 3. The van der Waals surface area contributed by atoms with Crippen molar-refractivity contribution >= 4 is 31.9 Å². The minimum Gasteiger partial charge on any atom is -0.378 e. The Bertz CT molecular complexity index is 668. The van der Waals surface area contributed by atoms with Crippen LogP contribution in [0.25, 0.3) is 11.4 Å². The average Bonchev–Trinajstić information content (AvgIpc) is 2.38. The number of ether oxygens (including phenoxy) is 1. The molecule has 0 aliphatic rings. The molecule has 100 valence electrons. The summed E-state index contributed by atoms with van der Waals surface area (Å²) in [6.07, 6.45) is 0. The van der Waals surface area contributed by atoms with Crippen molar-refractivity contribution in [3.8, 4) is 11.4 Å². The Hall–Kier alpha value is -0.980. The van der Waals surface area contributed by atoms with E-state index in [0.29, 0.717) is 16.0 Å². The van der Waals surface area contributed by atoms with Crippen LogP contribution in [0.5, 0.6) is 0 Å². The molecule has 4 nitrogen and oxygen atoms in total. The Morgan fingerprint density at radius 3 is 2.74 bits per heavy atom. The fourth-order valence-electron chi connectivity index (χ4n) is 1.61. The summed E-state index contributed by atoms with van der Waals surface area (Å²) < 4.78 is 6.43. The van der Waals surface area contributed by atoms with E-state index in [2.05, 4.69) is 41.8 Å². The van der Waals surface area contributed by atoms with E-state index in [0.717, 1.165) is 15.6 Å². The van der Waals surface area contributed by atoms with Crippen molar-refractivity contribution in [3.05, 3.63) is 48.8 Å². The lowest BCUT2D eigenvalue weighted by Gasteiger charge is -2.07. The Kier molecular flexibility index (Phi) is 4.54. The van der Waals surface area contributed by atoms with Crippen LogP contribution < -0.4 is 5.56 Å². The zero-order valence-electron chi connectivity index (χ0n) is 10.5. The number of rotatable bonds is 3. The van der Waals surface area contributed by atoms with Crippen LogP contribution >= 0.6 is 31.9 Å². The standard InChI is InChI=1S/C13H12Br2N2O2/c1-7-3-4-8(5-9(7)14)12-16-10(6-19-2)11(15)13(18)17-12/h3-5H,6H2,1-2H3,(H,16,17,18). The zero-order valence-corrected chi connectivity index (χ0v) is 13.6. The van der Waals surface area contributed by atoms with Gasteiger partial charge in [0.1, 0.15) is 10.3 Å². The molecule has 0 aliphatic heterocycles. The molecule has 0 amide bonds. The summed E-state index contributed by atoms with van der Waals surface area (Å²) in [5.41, 5.74) is 2.34. The monoisotopic (exact) mass is 386 g/mol. The number of H-pyrrole nitrogens is 1. The largest absolute Gasteiger partial charge is 0.378 e. The van der Waals surface area contributed by atoms with E-state index in [1.807, 2.05) is 25.1 Å². The number of hydrogen-bond donors (Lipinski definition) is 1. The van der Waals surface area contributed by atoms with Gasteiger partial charge in [-0.05, 0) is 34.5 Å². The van der Waals surface area contributed by atoms with Crippen molar-refractivity contribution in [2.24, 2.45) is 0 Å². The molecule has 19 heavy (non-hydrogen) atoms. The van der Waals surface area contributed by atoms with Gasteiger partial charge in [0.2, 0.25) is 0 Å². The third-order valence-electron chi connectivity index (χ3n) is 2.66. The first-order valence-electron chi connectivity index (χ1n) is 5.57. The normalized spacial score (nSPS) is 10.7. The van der Waals surface area contributed by atoms with Crippen molar-refractivity contribution < 1.29 is 4.74 Å². The van der Waals surface area contributed by atoms with Crippen LogP contribution in [-0.2, 0) is 11.3 Å². The number of aromatic nitrogens is 2. The minimum atomic E-state index is -0.214. The van der Waals surface area contributed by atoms with Crippen molar-refractivity contribution in [1.29, 1.82) is 0 Å². The summed E-state index contributed by atoms with van der Waals surface area (Å²) in [6.45, 7) is 2.28. The van der Waals surface area contributed by atoms with Gasteiger partial charge in [-0.3, -0.25) is 4.79 Å². The van der Waals surface area contributed by atoms with Gasteiger partial charge in [-0.1, -0.05) is 28.1 Å². The molecule has 6 heteroatoms.